The summed E-state index contributed by atoms with van der Waals surface area (Å²) in [5.41, 5.74) is -1.68. The Kier molecular flexibility index (Phi) is 5.72. The van der Waals surface area contributed by atoms with Gasteiger partial charge in [0.15, 0.2) is 0 Å². The van der Waals surface area contributed by atoms with E-state index in [4.69, 9.17) is 9.47 Å². The number of aliphatic hydroxyl groups excluding tert-OH is 1. The minimum Gasteiger partial charge on any atom is -0.392 e. The summed E-state index contributed by atoms with van der Waals surface area (Å²) in [7, 11) is 3.20. The van der Waals surface area contributed by atoms with Gasteiger partial charge < -0.3 is 19.9 Å². The van der Waals surface area contributed by atoms with E-state index in [0.29, 0.717) is 6.42 Å². The first-order valence-electron chi connectivity index (χ1n) is 10.6. The number of nitrogens with one attached hydrogen (secondary N) is 1. The zero-order valence-electron chi connectivity index (χ0n) is 18.2. The summed E-state index contributed by atoms with van der Waals surface area (Å²) in [4.78, 5) is 26.2. The van der Waals surface area contributed by atoms with Gasteiger partial charge in [-0.15, -0.1) is 0 Å². The first-order chi connectivity index (χ1) is 13.1. The molecule has 0 spiro atoms. The Balaban J connectivity index is 2.19. The zero-order chi connectivity index (χ0) is 20.9. The lowest BCUT2D eigenvalue weighted by molar-refractivity contribution is -0.221. The Morgan fingerprint density at radius 1 is 1.29 bits per heavy atom. The second-order valence-corrected chi connectivity index (χ2v) is 9.94. The summed E-state index contributed by atoms with van der Waals surface area (Å²) in [5, 5.41) is 14.3. The van der Waals surface area contributed by atoms with Gasteiger partial charge in [0, 0.05) is 31.9 Å². The molecular formula is C22H37NO5. The third-order valence-electron chi connectivity index (χ3n) is 8.90. The zero-order valence-corrected chi connectivity index (χ0v) is 18.2. The molecule has 2 unspecified atom stereocenters. The number of ether oxygens (including phenoxy) is 2. The average molecular weight is 396 g/mol. The van der Waals surface area contributed by atoms with Crippen LogP contribution in [0, 0.1) is 34.0 Å². The van der Waals surface area contributed by atoms with Crippen molar-refractivity contribution in [1.29, 1.82) is 0 Å². The van der Waals surface area contributed by atoms with E-state index >= 15 is 0 Å². The summed E-state index contributed by atoms with van der Waals surface area (Å²) in [6.07, 6.45) is 2.36. The Labute approximate surface area is 168 Å². The van der Waals surface area contributed by atoms with Crippen molar-refractivity contribution in [3.8, 4) is 0 Å². The monoisotopic (exact) mass is 395 g/mol. The molecule has 3 aliphatic carbocycles. The number of hydrogen-bond acceptors (Lipinski definition) is 5. The molecule has 28 heavy (non-hydrogen) atoms. The fourth-order valence-corrected chi connectivity index (χ4v) is 7.09. The topological polar surface area (TPSA) is 84.9 Å². The predicted molar refractivity (Wildman–Crippen MR) is 105 cm³/mol. The molecule has 3 aliphatic rings. The van der Waals surface area contributed by atoms with Crippen molar-refractivity contribution in [2.45, 2.75) is 72.0 Å². The highest BCUT2D eigenvalue weighted by Crippen LogP contribution is 2.67. The van der Waals surface area contributed by atoms with Crippen LogP contribution in [-0.4, -0.2) is 50.0 Å². The first-order valence-corrected chi connectivity index (χ1v) is 10.6. The number of methoxy groups -OCH3 is 1. The predicted octanol–water partition coefficient (Wildman–Crippen LogP) is 2.53. The standard InChI is InChI=1S/C22H37NO5/c1-13-7-9-22-10-8-15(24)17(22)21(13,4)16(25)11-20(3,19(26)23-5)18(14(22)2)28-12-27-6/h13-14,16-18,25H,7-12H2,1-6H3,(H,23,26)/t13-,14+,16-,17?,18+,20-,21+,22?/m1/s1. The Morgan fingerprint density at radius 2 is 1.96 bits per heavy atom. The van der Waals surface area contributed by atoms with E-state index in [0.717, 1.165) is 19.3 Å². The van der Waals surface area contributed by atoms with Gasteiger partial charge in [-0.25, -0.2) is 0 Å². The van der Waals surface area contributed by atoms with Gasteiger partial charge in [0.2, 0.25) is 5.91 Å². The molecule has 2 N–H and O–H groups in total. The van der Waals surface area contributed by atoms with E-state index in [9.17, 15) is 14.7 Å². The molecule has 0 saturated heterocycles. The van der Waals surface area contributed by atoms with Crippen molar-refractivity contribution >= 4 is 11.7 Å². The smallest absolute Gasteiger partial charge is 0.228 e. The number of amides is 1. The van der Waals surface area contributed by atoms with Crippen molar-refractivity contribution in [2.24, 2.45) is 34.0 Å². The van der Waals surface area contributed by atoms with Gasteiger partial charge in [-0.05, 0) is 49.9 Å². The van der Waals surface area contributed by atoms with Crippen LogP contribution in [0.15, 0.2) is 0 Å². The van der Waals surface area contributed by atoms with Crippen molar-refractivity contribution in [2.75, 3.05) is 21.0 Å². The molecule has 0 radical (unpaired) electrons. The van der Waals surface area contributed by atoms with Gasteiger partial charge in [-0.3, -0.25) is 9.59 Å². The highest BCUT2D eigenvalue weighted by molar-refractivity contribution is 5.86. The quantitative estimate of drug-likeness (QED) is 0.715. The molecule has 6 heteroatoms. The molecule has 2 bridgehead atoms. The maximum atomic E-state index is 13.1. The van der Waals surface area contributed by atoms with Crippen LogP contribution in [0.5, 0.6) is 0 Å². The molecule has 0 heterocycles. The minimum absolute atomic E-state index is 0.000671. The molecule has 0 aromatic rings. The molecule has 6 nitrogen and oxygen atoms in total. The first kappa shape index (κ1) is 21.7. The Morgan fingerprint density at radius 3 is 2.57 bits per heavy atom. The van der Waals surface area contributed by atoms with Gasteiger partial charge >= 0.3 is 0 Å². The summed E-state index contributed by atoms with van der Waals surface area (Å²) >= 11 is 0. The van der Waals surface area contributed by atoms with Crippen molar-refractivity contribution in [3.63, 3.8) is 0 Å². The van der Waals surface area contributed by atoms with Crippen LogP contribution in [0.1, 0.15) is 59.8 Å². The summed E-state index contributed by atoms with van der Waals surface area (Å²) in [6, 6.07) is 0. The molecule has 8 atom stereocenters. The van der Waals surface area contributed by atoms with Crippen LogP contribution >= 0.6 is 0 Å². The van der Waals surface area contributed by atoms with Crippen LogP contribution < -0.4 is 5.32 Å². The van der Waals surface area contributed by atoms with E-state index in [1.165, 1.54) is 0 Å². The maximum absolute atomic E-state index is 13.1. The molecule has 3 rings (SSSR count). The largest absolute Gasteiger partial charge is 0.392 e. The molecule has 1 amide bonds. The van der Waals surface area contributed by atoms with E-state index in [1.807, 2.05) is 6.92 Å². The Hall–Kier alpha value is -0.980. The van der Waals surface area contributed by atoms with Crippen LogP contribution in [-0.2, 0) is 19.1 Å². The normalized spacial score (nSPS) is 48.5. The molecule has 3 saturated carbocycles. The fourth-order valence-electron chi connectivity index (χ4n) is 7.09. The number of aliphatic hydroxyl groups is 1. The minimum atomic E-state index is -0.909. The van der Waals surface area contributed by atoms with Gasteiger partial charge in [0.05, 0.1) is 17.6 Å². The van der Waals surface area contributed by atoms with Crippen LogP contribution in [0.4, 0.5) is 0 Å². The summed E-state index contributed by atoms with van der Waals surface area (Å²) in [6.45, 7) is 8.35. The Bertz CT molecular complexity index is 638. The fraction of sp³-hybridized carbons (Fsp3) is 0.909. The second kappa shape index (κ2) is 7.37. The number of hydrogen-bond donors (Lipinski definition) is 2. The SMILES string of the molecule is CNC(=O)[C@]1(C)C[C@@H](O)[C@@]2(C)C3C(=O)CCC3(CC[C@H]2C)[C@@H](C)[C@@H]1OCOC. The summed E-state index contributed by atoms with van der Waals surface area (Å²) < 4.78 is 11.3. The third-order valence-corrected chi connectivity index (χ3v) is 8.90. The summed E-state index contributed by atoms with van der Waals surface area (Å²) in [5.74, 6) is 0.180. The van der Waals surface area contributed by atoms with Crippen LogP contribution in [0.2, 0.25) is 0 Å². The third kappa shape index (κ3) is 2.78. The molecule has 160 valence electrons. The number of carbonyl (C=O) groups excluding carboxylic acids is 2. The van der Waals surface area contributed by atoms with Gasteiger partial charge in [0.1, 0.15) is 12.6 Å². The molecule has 3 fully saturated rings. The molecule has 0 aliphatic heterocycles. The molecule has 0 aromatic heterocycles. The number of Topliss-reactive ketones (excluding diaryl/α,β-unsaturated/α-hetero) is 1. The maximum Gasteiger partial charge on any atom is 0.228 e. The molecular weight excluding hydrogens is 358 g/mol. The van der Waals surface area contributed by atoms with E-state index in [2.05, 4.69) is 26.1 Å². The van der Waals surface area contributed by atoms with Crippen LogP contribution in [0.25, 0.3) is 0 Å². The van der Waals surface area contributed by atoms with Gasteiger partial charge in [-0.2, -0.15) is 0 Å². The number of ketones is 1. The van der Waals surface area contributed by atoms with Gasteiger partial charge in [0.25, 0.3) is 0 Å². The number of carbonyl (C=O) groups is 2. The van der Waals surface area contributed by atoms with E-state index < -0.39 is 23.0 Å². The van der Waals surface area contributed by atoms with Crippen LogP contribution in [0.3, 0.4) is 0 Å². The van der Waals surface area contributed by atoms with E-state index in [1.54, 1.807) is 14.2 Å². The van der Waals surface area contributed by atoms with Crippen molar-refractivity contribution in [3.05, 3.63) is 0 Å². The average Bonchev–Trinajstić information content (AvgIpc) is 3.02. The van der Waals surface area contributed by atoms with Gasteiger partial charge in [-0.1, -0.05) is 20.8 Å². The van der Waals surface area contributed by atoms with E-state index in [-0.39, 0.29) is 48.1 Å². The highest BCUT2D eigenvalue weighted by atomic mass is 16.7. The highest BCUT2D eigenvalue weighted by Gasteiger charge is 2.68. The second-order valence-electron chi connectivity index (χ2n) is 9.94. The number of rotatable bonds is 4. The molecule has 0 aromatic carbocycles. The lowest BCUT2D eigenvalue weighted by Crippen LogP contribution is -2.65. The lowest BCUT2D eigenvalue weighted by Gasteiger charge is -2.61. The van der Waals surface area contributed by atoms with Crippen molar-refractivity contribution < 1.29 is 24.2 Å². The van der Waals surface area contributed by atoms with Crippen molar-refractivity contribution in [1.82, 2.24) is 5.32 Å². The lowest BCUT2D eigenvalue weighted by atomic mass is 9.44.